The highest BCUT2D eigenvalue weighted by molar-refractivity contribution is 5.90. The second-order valence-corrected chi connectivity index (χ2v) is 6.72. The van der Waals surface area contributed by atoms with Crippen LogP contribution in [-0.4, -0.2) is 35.4 Å². The third-order valence-electron chi connectivity index (χ3n) is 4.29. The molecule has 0 aliphatic carbocycles. The number of aryl methyl sites for hydroxylation is 2. The maximum absolute atomic E-state index is 12.4. The number of carbonyl (C=O) groups excluding carboxylic acids is 1. The van der Waals surface area contributed by atoms with E-state index in [2.05, 4.69) is 20.5 Å². The van der Waals surface area contributed by atoms with E-state index in [1.54, 1.807) is 24.9 Å². The first-order valence-corrected chi connectivity index (χ1v) is 8.76. The van der Waals surface area contributed by atoms with Gasteiger partial charge in [0.05, 0.1) is 35.9 Å². The van der Waals surface area contributed by atoms with Crippen molar-refractivity contribution in [2.75, 3.05) is 5.32 Å². The predicted molar refractivity (Wildman–Crippen MR) is 102 cm³/mol. The summed E-state index contributed by atoms with van der Waals surface area (Å²) < 4.78 is 3.09. The van der Waals surface area contributed by atoms with Crippen LogP contribution in [-0.2, 0) is 17.9 Å². The van der Waals surface area contributed by atoms with Gasteiger partial charge in [-0.05, 0) is 24.3 Å². The molecule has 2 aromatic heterocycles. The standard InChI is InChI=1S/C18H21N7O3/c1-12-4-6-15(7-5-12)10-23-11-19-18(22-23)20-17(26)13(2)9-24-14(3)8-16(21-24)25(27)28/h4-8,11,13H,9-10H2,1-3H3,(H,20,22,26). The number of hydrogen-bond acceptors (Lipinski definition) is 6. The molecule has 0 radical (unpaired) electrons. The van der Waals surface area contributed by atoms with Crippen LogP contribution in [0.4, 0.5) is 11.8 Å². The largest absolute Gasteiger partial charge is 0.390 e. The average Bonchev–Trinajstić information content (AvgIpc) is 3.24. The van der Waals surface area contributed by atoms with Gasteiger partial charge in [0.1, 0.15) is 6.33 Å². The van der Waals surface area contributed by atoms with Crippen LogP contribution in [0.5, 0.6) is 0 Å². The van der Waals surface area contributed by atoms with Crippen molar-refractivity contribution in [2.45, 2.75) is 33.9 Å². The van der Waals surface area contributed by atoms with Crippen LogP contribution in [0.2, 0.25) is 0 Å². The summed E-state index contributed by atoms with van der Waals surface area (Å²) in [6, 6.07) is 9.46. The molecule has 146 valence electrons. The van der Waals surface area contributed by atoms with Gasteiger partial charge in [0.25, 0.3) is 0 Å². The Morgan fingerprint density at radius 2 is 1.96 bits per heavy atom. The zero-order valence-electron chi connectivity index (χ0n) is 15.9. The lowest BCUT2D eigenvalue weighted by Gasteiger charge is -2.09. The fraction of sp³-hybridized carbons (Fsp3) is 0.333. The van der Waals surface area contributed by atoms with E-state index in [1.807, 2.05) is 31.2 Å². The van der Waals surface area contributed by atoms with Gasteiger partial charge in [-0.15, -0.1) is 5.10 Å². The maximum atomic E-state index is 12.4. The van der Waals surface area contributed by atoms with E-state index in [0.29, 0.717) is 12.2 Å². The fourth-order valence-electron chi connectivity index (χ4n) is 2.65. The molecule has 1 atom stereocenters. The molecule has 1 aromatic carbocycles. The smallest absolute Gasteiger partial charge is 0.358 e. The summed E-state index contributed by atoms with van der Waals surface area (Å²) in [5.41, 5.74) is 2.88. The van der Waals surface area contributed by atoms with Gasteiger partial charge in [0.2, 0.25) is 11.9 Å². The van der Waals surface area contributed by atoms with Crippen LogP contribution in [0.1, 0.15) is 23.7 Å². The van der Waals surface area contributed by atoms with E-state index < -0.39 is 10.8 Å². The summed E-state index contributed by atoms with van der Waals surface area (Å²) in [7, 11) is 0. The third kappa shape index (κ3) is 4.58. The number of nitrogens with one attached hydrogen (secondary N) is 1. The maximum Gasteiger partial charge on any atom is 0.390 e. The SMILES string of the molecule is Cc1ccc(Cn2cnc(NC(=O)C(C)Cn3nc([N+](=O)[O-])cc3C)n2)cc1. The first-order chi connectivity index (χ1) is 13.3. The van der Waals surface area contributed by atoms with Crippen molar-refractivity contribution in [3.8, 4) is 0 Å². The Labute approximate surface area is 161 Å². The van der Waals surface area contributed by atoms with Gasteiger partial charge in [-0.1, -0.05) is 36.8 Å². The van der Waals surface area contributed by atoms with Gasteiger partial charge in [0, 0.05) is 0 Å². The molecule has 10 nitrogen and oxygen atoms in total. The van der Waals surface area contributed by atoms with Crippen molar-refractivity contribution in [1.82, 2.24) is 24.5 Å². The van der Waals surface area contributed by atoms with Gasteiger partial charge in [0.15, 0.2) is 0 Å². The molecule has 28 heavy (non-hydrogen) atoms. The summed E-state index contributed by atoms with van der Waals surface area (Å²) in [5.74, 6) is -0.776. The fourth-order valence-corrected chi connectivity index (χ4v) is 2.65. The van der Waals surface area contributed by atoms with Crippen molar-refractivity contribution in [3.05, 3.63) is 63.6 Å². The first-order valence-electron chi connectivity index (χ1n) is 8.76. The van der Waals surface area contributed by atoms with Crippen LogP contribution in [0, 0.1) is 29.9 Å². The number of nitro groups is 1. The Morgan fingerprint density at radius 3 is 2.61 bits per heavy atom. The zero-order valence-corrected chi connectivity index (χ0v) is 15.9. The van der Waals surface area contributed by atoms with Gasteiger partial charge < -0.3 is 10.1 Å². The van der Waals surface area contributed by atoms with Gasteiger partial charge in [-0.2, -0.15) is 4.68 Å². The molecule has 0 bridgehead atoms. The van der Waals surface area contributed by atoms with E-state index >= 15 is 0 Å². The van der Waals surface area contributed by atoms with Crippen molar-refractivity contribution in [2.24, 2.45) is 5.92 Å². The molecular weight excluding hydrogens is 362 g/mol. The van der Waals surface area contributed by atoms with Gasteiger partial charge in [-0.25, -0.2) is 9.67 Å². The van der Waals surface area contributed by atoms with Crippen LogP contribution in [0.25, 0.3) is 0 Å². The number of hydrogen-bond donors (Lipinski definition) is 1. The second-order valence-electron chi connectivity index (χ2n) is 6.72. The van der Waals surface area contributed by atoms with Crippen molar-refractivity contribution in [1.29, 1.82) is 0 Å². The molecule has 0 saturated carbocycles. The zero-order chi connectivity index (χ0) is 20.3. The average molecular weight is 383 g/mol. The molecule has 10 heteroatoms. The molecule has 0 aliphatic rings. The van der Waals surface area contributed by atoms with E-state index in [9.17, 15) is 14.9 Å². The highest BCUT2D eigenvalue weighted by Crippen LogP contribution is 2.14. The van der Waals surface area contributed by atoms with Crippen molar-refractivity contribution < 1.29 is 9.72 Å². The van der Waals surface area contributed by atoms with E-state index in [0.717, 1.165) is 5.56 Å². The monoisotopic (exact) mass is 383 g/mol. The number of anilines is 1. The van der Waals surface area contributed by atoms with Crippen molar-refractivity contribution >= 4 is 17.7 Å². The van der Waals surface area contributed by atoms with Crippen LogP contribution < -0.4 is 5.32 Å². The minimum Gasteiger partial charge on any atom is -0.358 e. The number of benzene rings is 1. The molecule has 2 heterocycles. The second kappa shape index (κ2) is 7.99. The topological polar surface area (TPSA) is 121 Å². The highest BCUT2D eigenvalue weighted by atomic mass is 16.6. The molecule has 3 aromatic rings. The minimum absolute atomic E-state index is 0.215. The summed E-state index contributed by atoms with van der Waals surface area (Å²) in [5, 5.41) is 21.6. The molecule has 1 unspecified atom stereocenters. The Bertz CT molecular complexity index is 991. The highest BCUT2D eigenvalue weighted by Gasteiger charge is 2.21. The predicted octanol–water partition coefficient (Wildman–Crippen LogP) is 2.32. The normalized spacial score (nSPS) is 12.0. The van der Waals surface area contributed by atoms with Crippen LogP contribution >= 0.6 is 0 Å². The molecule has 0 fully saturated rings. The quantitative estimate of drug-likeness (QED) is 0.494. The number of carbonyl (C=O) groups is 1. The number of rotatable bonds is 7. The Morgan fingerprint density at radius 1 is 1.25 bits per heavy atom. The number of aromatic nitrogens is 5. The van der Waals surface area contributed by atoms with Crippen LogP contribution in [0.15, 0.2) is 36.7 Å². The molecule has 1 N–H and O–H groups in total. The lowest BCUT2D eigenvalue weighted by atomic mass is 10.1. The van der Waals surface area contributed by atoms with E-state index in [1.165, 1.54) is 16.3 Å². The molecule has 0 spiro atoms. The lowest BCUT2D eigenvalue weighted by molar-refractivity contribution is -0.389. The van der Waals surface area contributed by atoms with Crippen LogP contribution in [0.3, 0.4) is 0 Å². The van der Waals surface area contributed by atoms with Gasteiger partial charge >= 0.3 is 5.82 Å². The Hall–Kier alpha value is -3.56. The van der Waals surface area contributed by atoms with Gasteiger partial charge in [-0.3, -0.25) is 10.1 Å². The lowest BCUT2D eigenvalue weighted by Crippen LogP contribution is -2.25. The molecule has 0 aliphatic heterocycles. The first kappa shape index (κ1) is 19.2. The molecular formula is C18H21N7O3. The molecule has 1 amide bonds. The molecule has 3 rings (SSSR count). The summed E-state index contributed by atoms with van der Waals surface area (Å²) in [6.07, 6.45) is 1.56. The van der Waals surface area contributed by atoms with Crippen molar-refractivity contribution in [3.63, 3.8) is 0 Å². The Kier molecular flexibility index (Phi) is 5.48. The van der Waals surface area contributed by atoms with E-state index in [-0.39, 0.29) is 24.2 Å². The third-order valence-corrected chi connectivity index (χ3v) is 4.29. The Balaban J connectivity index is 1.59. The number of amides is 1. The number of nitrogens with zero attached hydrogens (tertiary/aromatic N) is 6. The van der Waals surface area contributed by atoms with E-state index in [4.69, 9.17) is 0 Å². The summed E-state index contributed by atoms with van der Waals surface area (Å²) in [6.45, 7) is 6.21. The minimum atomic E-state index is -0.557. The molecule has 0 saturated heterocycles. The summed E-state index contributed by atoms with van der Waals surface area (Å²) >= 11 is 0. The summed E-state index contributed by atoms with van der Waals surface area (Å²) in [4.78, 5) is 26.8.